The fraction of sp³-hybridized carbons (Fsp3) is 0.522. The molecule has 4 rings (SSSR count). The molecule has 6 heteroatoms. The molecule has 1 unspecified atom stereocenters. The van der Waals surface area contributed by atoms with Crippen LogP contribution >= 0.6 is 0 Å². The van der Waals surface area contributed by atoms with E-state index in [1.54, 1.807) is 0 Å². The van der Waals surface area contributed by atoms with Gasteiger partial charge in [-0.1, -0.05) is 43.2 Å². The maximum atomic E-state index is 12.6. The standard InChI is InChI=1S/C23H31N5O/c1-24-21-13-20(25-22(26-21)16-27(2)19-10-6-7-11-19)18-12-23(29)28(15-18)14-17-8-4-3-5-9-17/h3-5,8-9,13,18-19H,6-7,10-12,14-16H2,1-2H3,(H,24,25,26). The van der Waals surface area contributed by atoms with Gasteiger partial charge in [-0.3, -0.25) is 9.69 Å². The smallest absolute Gasteiger partial charge is 0.223 e. The quantitative estimate of drug-likeness (QED) is 0.781. The summed E-state index contributed by atoms with van der Waals surface area (Å²) < 4.78 is 0. The molecule has 0 bridgehead atoms. The van der Waals surface area contributed by atoms with Crippen LogP contribution in [0.4, 0.5) is 5.82 Å². The van der Waals surface area contributed by atoms with Gasteiger partial charge in [-0.15, -0.1) is 0 Å². The normalized spacial score (nSPS) is 20.0. The first kappa shape index (κ1) is 19.8. The molecule has 1 saturated carbocycles. The van der Waals surface area contributed by atoms with Crippen LogP contribution in [0.2, 0.25) is 0 Å². The van der Waals surface area contributed by atoms with Crippen LogP contribution in [0.3, 0.4) is 0 Å². The van der Waals surface area contributed by atoms with Crippen molar-refractivity contribution in [1.29, 1.82) is 0 Å². The molecule has 1 aliphatic carbocycles. The lowest BCUT2D eigenvalue weighted by Crippen LogP contribution is -2.29. The van der Waals surface area contributed by atoms with E-state index in [2.05, 4.69) is 34.4 Å². The summed E-state index contributed by atoms with van der Waals surface area (Å²) in [7, 11) is 4.06. The third-order valence-electron chi connectivity index (χ3n) is 6.24. The summed E-state index contributed by atoms with van der Waals surface area (Å²) >= 11 is 0. The second-order valence-corrected chi connectivity index (χ2v) is 8.36. The highest BCUT2D eigenvalue weighted by molar-refractivity contribution is 5.79. The van der Waals surface area contributed by atoms with Crippen molar-refractivity contribution in [3.05, 3.63) is 53.5 Å². The Bertz CT molecular complexity index is 834. The molecule has 2 heterocycles. The Hall–Kier alpha value is -2.47. The monoisotopic (exact) mass is 393 g/mol. The Balaban J connectivity index is 1.48. The summed E-state index contributed by atoms with van der Waals surface area (Å²) in [6.07, 6.45) is 5.68. The maximum absolute atomic E-state index is 12.6. The van der Waals surface area contributed by atoms with Crippen molar-refractivity contribution in [3.63, 3.8) is 0 Å². The topological polar surface area (TPSA) is 61.4 Å². The molecule has 1 aromatic carbocycles. The van der Waals surface area contributed by atoms with E-state index < -0.39 is 0 Å². The zero-order chi connectivity index (χ0) is 20.2. The lowest BCUT2D eigenvalue weighted by molar-refractivity contribution is -0.128. The lowest BCUT2D eigenvalue weighted by atomic mass is 10.0. The van der Waals surface area contributed by atoms with Crippen molar-refractivity contribution in [2.45, 2.75) is 57.2 Å². The maximum Gasteiger partial charge on any atom is 0.223 e. The SMILES string of the molecule is CNc1cc(C2CC(=O)N(Cc3ccccc3)C2)nc(CN(C)C2CCCC2)n1. The zero-order valence-electron chi connectivity index (χ0n) is 17.5. The van der Waals surface area contributed by atoms with Crippen molar-refractivity contribution < 1.29 is 4.79 Å². The minimum atomic E-state index is 0.122. The number of aromatic nitrogens is 2. The second kappa shape index (κ2) is 8.91. The van der Waals surface area contributed by atoms with Crippen LogP contribution in [0.25, 0.3) is 0 Å². The number of hydrogen-bond acceptors (Lipinski definition) is 5. The van der Waals surface area contributed by atoms with Gasteiger partial charge in [0.15, 0.2) is 0 Å². The van der Waals surface area contributed by atoms with Crippen LogP contribution in [0.5, 0.6) is 0 Å². The van der Waals surface area contributed by atoms with Crippen molar-refractivity contribution >= 4 is 11.7 Å². The molecule has 1 saturated heterocycles. The molecule has 2 aliphatic rings. The molecule has 1 N–H and O–H groups in total. The first-order chi connectivity index (χ1) is 14.1. The van der Waals surface area contributed by atoms with Gasteiger partial charge in [0.1, 0.15) is 11.6 Å². The van der Waals surface area contributed by atoms with Gasteiger partial charge in [-0.2, -0.15) is 0 Å². The van der Waals surface area contributed by atoms with E-state index in [-0.39, 0.29) is 11.8 Å². The molecule has 0 spiro atoms. The minimum absolute atomic E-state index is 0.122. The van der Waals surface area contributed by atoms with Gasteiger partial charge in [0.2, 0.25) is 5.91 Å². The average molecular weight is 394 g/mol. The van der Waals surface area contributed by atoms with Gasteiger partial charge < -0.3 is 10.2 Å². The number of likely N-dealkylation sites (tertiary alicyclic amines) is 1. The number of anilines is 1. The summed E-state index contributed by atoms with van der Waals surface area (Å²) in [5.74, 6) is 2.00. The van der Waals surface area contributed by atoms with Gasteiger partial charge >= 0.3 is 0 Å². The number of amides is 1. The van der Waals surface area contributed by atoms with Crippen molar-refractivity contribution in [2.24, 2.45) is 0 Å². The Kier molecular flexibility index (Phi) is 6.09. The van der Waals surface area contributed by atoms with Crippen LogP contribution in [0.15, 0.2) is 36.4 Å². The van der Waals surface area contributed by atoms with E-state index in [9.17, 15) is 4.79 Å². The number of carbonyl (C=O) groups is 1. The molecule has 29 heavy (non-hydrogen) atoms. The minimum Gasteiger partial charge on any atom is -0.373 e. The molecule has 2 aromatic rings. The number of carbonyl (C=O) groups excluding carboxylic acids is 1. The van der Waals surface area contributed by atoms with E-state index in [4.69, 9.17) is 4.98 Å². The summed E-state index contributed by atoms with van der Waals surface area (Å²) in [4.78, 5) is 26.5. The Morgan fingerprint density at radius 1 is 1.17 bits per heavy atom. The first-order valence-corrected chi connectivity index (χ1v) is 10.7. The van der Waals surface area contributed by atoms with Crippen molar-refractivity contribution in [2.75, 3.05) is 26.0 Å². The number of rotatable bonds is 7. The molecule has 6 nitrogen and oxygen atoms in total. The summed E-state index contributed by atoms with van der Waals surface area (Å²) in [5.41, 5.74) is 2.14. The van der Waals surface area contributed by atoms with E-state index >= 15 is 0 Å². The predicted octanol–water partition coefficient (Wildman–Crippen LogP) is 3.41. The Morgan fingerprint density at radius 2 is 1.93 bits per heavy atom. The van der Waals surface area contributed by atoms with Crippen LogP contribution in [0, 0.1) is 0 Å². The molecule has 1 aromatic heterocycles. The van der Waals surface area contributed by atoms with Crippen molar-refractivity contribution in [3.8, 4) is 0 Å². The van der Waals surface area contributed by atoms with Crippen LogP contribution < -0.4 is 5.32 Å². The highest BCUT2D eigenvalue weighted by Gasteiger charge is 2.32. The number of benzene rings is 1. The summed E-state index contributed by atoms with van der Waals surface area (Å²) in [6, 6.07) is 12.8. The predicted molar refractivity (Wildman–Crippen MR) is 115 cm³/mol. The Morgan fingerprint density at radius 3 is 2.66 bits per heavy atom. The van der Waals surface area contributed by atoms with Gasteiger partial charge in [-0.05, 0) is 25.5 Å². The molecule has 1 aliphatic heterocycles. The molecular formula is C23H31N5O. The van der Waals surface area contributed by atoms with Gasteiger partial charge in [0.25, 0.3) is 0 Å². The molecular weight excluding hydrogens is 362 g/mol. The lowest BCUT2D eigenvalue weighted by Gasteiger charge is -2.23. The fourth-order valence-electron chi connectivity index (χ4n) is 4.55. The third-order valence-corrected chi connectivity index (χ3v) is 6.24. The van der Waals surface area contributed by atoms with Crippen LogP contribution in [-0.2, 0) is 17.9 Å². The summed E-state index contributed by atoms with van der Waals surface area (Å²) in [5, 5.41) is 3.17. The highest BCUT2D eigenvalue weighted by Crippen LogP contribution is 2.30. The van der Waals surface area contributed by atoms with E-state index in [0.29, 0.717) is 25.6 Å². The van der Waals surface area contributed by atoms with Gasteiger partial charge in [0, 0.05) is 44.6 Å². The summed E-state index contributed by atoms with van der Waals surface area (Å²) in [6.45, 7) is 2.13. The molecule has 2 fully saturated rings. The van der Waals surface area contributed by atoms with Crippen LogP contribution in [0.1, 0.15) is 55.1 Å². The van der Waals surface area contributed by atoms with E-state index in [0.717, 1.165) is 23.9 Å². The van der Waals surface area contributed by atoms with Crippen LogP contribution in [-0.4, -0.2) is 52.4 Å². The average Bonchev–Trinajstić information content (AvgIpc) is 3.39. The van der Waals surface area contributed by atoms with Gasteiger partial charge in [-0.25, -0.2) is 9.97 Å². The molecule has 1 atom stereocenters. The fourth-order valence-corrected chi connectivity index (χ4v) is 4.55. The number of hydrogen-bond donors (Lipinski definition) is 1. The first-order valence-electron chi connectivity index (χ1n) is 10.7. The van der Waals surface area contributed by atoms with Gasteiger partial charge in [0.05, 0.1) is 12.2 Å². The zero-order valence-corrected chi connectivity index (χ0v) is 17.5. The largest absolute Gasteiger partial charge is 0.373 e. The molecule has 0 radical (unpaired) electrons. The third kappa shape index (κ3) is 4.75. The van der Waals surface area contributed by atoms with E-state index in [1.807, 2.05) is 36.2 Å². The Labute approximate surface area is 173 Å². The number of nitrogens with zero attached hydrogens (tertiary/aromatic N) is 4. The second-order valence-electron chi connectivity index (χ2n) is 8.36. The van der Waals surface area contributed by atoms with Crippen molar-refractivity contribution in [1.82, 2.24) is 19.8 Å². The number of nitrogens with one attached hydrogen (secondary N) is 1. The van der Waals surface area contributed by atoms with E-state index in [1.165, 1.54) is 31.2 Å². The molecule has 154 valence electrons. The highest BCUT2D eigenvalue weighted by atomic mass is 16.2. The molecule has 1 amide bonds.